The van der Waals surface area contributed by atoms with Crippen LogP contribution in [0.25, 0.3) is 0 Å². The van der Waals surface area contributed by atoms with E-state index in [9.17, 15) is 29.4 Å². The number of unbranched alkanes of at least 4 members (excludes halogenated alkanes) is 4. The second-order valence-corrected chi connectivity index (χ2v) is 10.4. The molecule has 0 unspecified atom stereocenters. The van der Waals surface area contributed by atoms with Gasteiger partial charge in [-0.25, -0.2) is 9.59 Å². The fourth-order valence-electron chi connectivity index (χ4n) is 4.78. The molecule has 8 nitrogen and oxygen atoms in total. The number of phenols is 2. The van der Waals surface area contributed by atoms with Gasteiger partial charge in [-0.2, -0.15) is 0 Å². The summed E-state index contributed by atoms with van der Waals surface area (Å²) in [6.45, 7) is 3.83. The molecule has 0 aromatic heterocycles. The maximum Gasteiger partial charge on any atom is 0.343 e. The summed E-state index contributed by atoms with van der Waals surface area (Å²) in [5.74, 6) is -6.53. The van der Waals surface area contributed by atoms with Crippen LogP contribution in [-0.2, 0) is 4.74 Å². The van der Waals surface area contributed by atoms with Crippen LogP contribution in [0.4, 0.5) is 0 Å². The summed E-state index contributed by atoms with van der Waals surface area (Å²) in [6, 6.07) is 22.0. The monoisotopic (exact) mass is 594 g/mol. The quantitative estimate of drug-likeness (QED) is 0.0546. The highest BCUT2D eigenvalue weighted by atomic mass is 16.5. The summed E-state index contributed by atoms with van der Waals surface area (Å²) in [7, 11) is 0. The van der Waals surface area contributed by atoms with Crippen LogP contribution in [0.15, 0.2) is 84.9 Å². The van der Waals surface area contributed by atoms with Gasteiger partial charge in [0.1, 0.15) is 0 Å². The first-order valence-electron chi connectivity index (χ1n) is 14.5. The van der Waals surface area contributed by atoms with Gasteiger partial charge in [0.2, 0.25) is 5.75 Å². The number of rotatable bonds is 13. The lowest BCUT2D eigenvalue weighted by Crippen LogP contribution is -2.22. The van der Waals surface area contributed by atoms with Gasteiger partial charge in [-0.3, -0.25) is 9.59 Å². The number of aromatic hydroxyl groups is 2. The average molecular weight is 595 g/mol. The van der Waals surface area contributed by atoms with Gasteiger partial charge in [0.15, 0.2) is 23.1 Å². The fraction of sp³-hybridized carbons (Fsp3) is 0.222. The van der Waals surface area contributed by atoms with Gasteiger partial charge in [0.25, 0.3) is 0 Å². The molecule has 226 valence electrons. The summed E-state index contributed by atoms with van der Waals surface area (Å²) in [5, 5.41) is 22.5. The predicted octanol–water partition coefficient (Wildman–Crippen LogP) is 7.21. The van der Waals surface area contributed by atoms with Crippen LogP contribution in [0.3, 0.4) is 0 Å². The van der Waals surface area contributed by atoms with Crippen molar-refractivity contribution in [1.82, 2.24) is 0 Å². The zero-order chi connectivity index (χ0) is 31.6. The Bertz CT molecular complexity index is 1660. The van der Waals surface area contributed by atoms with E-state index in [0.717, 1.165) is 31.2 Å². The van der Waals surface area contributed by atoms with Crippen molar-refractivity contribution in [2.24, 2.45) is 0 Å². The Morgan fingerprint density at radius 3 is 1.84 bits per heavy atom. The number of hydrogen-bond donors (Lipinski definition) is 2. The Labute approximate surface area is 255 Å². The van der Waals surface area contributed by atoms with Gasteiger partial charge in [-0.1, -0.05) is 105 Å². The second-order valence-electron chi connectivity index (χ2n) is 10.4. The van der Waals surface area contributed by atoms with Crippen molar-refractivity contribution >= 4 is 23.5 Å². The summed E-state index contributed by atoms with van der Waals surface area (Å²) in [6.07, 6.45) is 4.34. The second kappa shape index (κ2) is 14.8. The van der Waals surface area contributed by atoms with Gasteiger partial charge in [-0.15, -0.1) is 0 Å². The van der Waals surface area contributed by atoms with Gasteiger partial charge in [0, 0.05) is 11.1 Å². The average Bonchev–Trinajstić information content (AvgIpc) is 3.04. The van der Waals surface area contributed by atoms with Gasteiger partial charge >= 0.3 is 11.9 Å². The molecule has 4 rings (SSSR count). The Morgan fingerprint density at radius 1 is 0.614 bits per heavy atom. The summed E-state index contributed by atoms with van der Waals surface area (Å²) in [4.78, 5) is 55.0. The molecule has 8 heteroatoms. The van der Waals surface area contributed by atoms with E-state index in [1.807, 2.05) is 0 Å². The number of esters is 2. The summed E-state index contributed by atoms with van der Waals surface area (Å²) in [5.41, 5.74) is -0.840. The molecular weight excluding hydrogens is 560 g/mol. The van der Waals surface area contributed by atoms with E-state index in [4.69, 9.17) is 9.47 Å². The summed E-state index contributed by atoms with van der Waals surface area (Å²) >= 11 is 0. The number of ether oxygens (including phenoxy) is 2. The normalized spacial score (nSPS) is 10.7. The number of aryl methyl sites for hydroxylation is 1. The molecule has 0 atom stereocenters. The van der Waals surface area contributed by atoms with Crippen LogP contribution >= 0.6 is 0 Å². The van der Waals surface area contributed by atoms with Crippen molar-refractivity contribution in [2.75, 3.05) is 6.61 Å². The Kier molecular flexibility index (Phi) is 10.6. The molecule has 4 aromatic carbocycles. The third-order valence-corrected chi connectivity index (χ3v) is 7.06. The molecule has 0 spiro atoms. The van der Waals surface area contributed by atoms with Crippen LogP contribution in [0.5, 0.6) is 17.2 Å². The molecule has 0 aliphatic carbocycles. The molecule has 2 N–H and O–H groups in total. The molecule has 0 aliphatic heterocycles. The van der Waals surface area contributed by atoms with E-state index in [1.54, 1.807) is 61.5 Å². The standard InChI is InChI=1S/C36H34O8/c1-3-4-5-6-13-21-43-36(42)27-28(30(37)24-16-9-7-10-17-24)32(39)33(40)34(44-35(41)25-18-11-8-12-19-25)29(27)31(38)26-20-14-15-23(2)22-26/h7-12,14-20,22,39-40H,3-6,13,21H2,1-2H3. The number of carbonyl (C=O) groups is 4. The largest absolute Gasteiger partial charge is 0.504 e. The summed E-state index contributed by atoms with van der Waals surface area (Å²) < 4.78 is 11.1. The molecule has 0 heterocycles. The minimum Gasteiger partial charge on any atom is -0.504 e. The van der Waals surface area contributed by atoms with E-state index < -0.39 is 57.4 Å². The topological polar surface area (TPSA) is 127 Å². The Morgan fingerprint density at radius 2 is 1.20 bits per heavy atom. The number of phenolic OH excluding ortho intramolecular Hbond substituents is 2. The molecule has 0 bridgehead atoms. The van der Waals surface area contributed by atoms with E-state index >= 15 is 0 Å². The van der Waals surface area contributed by atoms with Gasteiger partial charge in [-0.05, 0) is 31.5 Å². The highest BCUT2D eigenvalue weighted by Gasteiger charge is 2.37. The van der Waals surface area contributed by atoms with E-state index in [-0.39, 0.29) is 23.3 Å². The van der Waals surface area contributed by atoms with Crippen molar-refractivity contribution < 1.29 is 38.9 Å². The molecule has 0 radical (unpaired) electrons. The molecule has 0 fully saturated rings. The lowest BCUT2D eigenvalue weighted by atomic mass is 9.88. The number of carbonyl (C=O) groups excluding carboxylic acids is 4. The van der Waals surface area contributed by atoms with E-state index in [1.165, 1.54) is 30.3 Å². The lowest BCUT2D eigenvalue weighted by molar-refractivity contribution is 0.0489. The number of ketones is 2. The third-order valence-electron chi connectivity index (χ3n) is 7.06. The van der Waals surface area contributed by atoms with Crippen LogP contribution in [0.2, 0.25) is 0 Å². The van der Waals surface area contributed by atoms with Crippen molar-refractivity contribution in [3.8, 4) is 17.2 Å². The maximum absolute atomic E-state index is 14.2. The first-order valence-corrected chi connectivity index (χ1v) is 14.5. The zero-order valence-electron chi connectivity index (χ0n) is 24.7. The SMILES string of the molecule is CCCCCCCOC(=O)c1c(C(=O)c2ccccc2)c(O)c(O)c(OC(=O)c2ccccc2)c1C(=O)c1cccc(C)c1. The van der Waals surface area contributed by atoms with Crippen molar-refractivity contribution in [3.63, 3.8) is 0 Å². The minimum atomic E-state index is -1.08. The Hall–Kier alpha value is -5.24. The molecular formula is C36H34O8. The Balaban J connectivity index is 1.94. The first kappa shape index (κ1) is 31.7. The molecule has 0 saturated carbocycles. The first-order chi connectivity index (χ1) is 21.2. The van der Waals surface area contributed by atoms with E-state index in [0.29, 0.717) is 6.42 Å². The van der Waals surface area contributed by atoms with Crippen molar-refractivity contribution in [2.45, 2.75) is 46.0 Å². The van der Waals surface area contributed by atoms with Crippen LogP contribution in [-0.4, -0.2) is 40.3 Å². The van der Waals surface area contributed by atoms with Crippen molar-refractivity contribution in [1.29, 1.82) is 0 Å². The van der Waals surface area contributed by atoms with Gasteiger partial charge < -0.3 is 19.7 Å². The fourth-order valence-corrected chi connectivity index (χ4v) is 4.78. The predicted molar refractivity (Wildman–Crippen MR) is 165 cm³/mol. The molecule has 0 aliphatic rings. The smallest absolute Gasteiger partial charge is 0.343 e. The maximum atomic E-state index is 14.2. The molecule has 44 heavy (non-hydrogen) atoms. The molecule has 4 aromatic rings. The minimum absolute atomic E-state index is 0.0135. The van der Waals surface area contributed by atoms with E-state index in [2.05, 4.69) is 6.92 Å². The molecule has 0 amide bonds. The highest BCUT2D eigenvalue weighted by molar-refractivity contribution is 6.24. The van der Waals surface area contributed by atoms with Crippen LogP contribution in [0, 0.1) is 6.92 Å². The van der Waals surface area contributed by atoms with Crippen LogP contribution < -0.4 is 4.74 Å². The molecule has 0 saturated heterocycles. The zero-order valence-corrected chi connectivity index (χ0v) is 24.7. The van der Waals surface area contributed by atoms with Gasteiger partial charge in [0.05, 0.1) is 28.9 Å². The third kappa shape index (κ3) is 7.21. The number of benzene rings is 4. The highest BCUT2D eigenvalue weighted by Crippen LogP contribution is 2.46. The van der Waals surface area contributed by atoms with Crippen LogP contribution in [0.1, 0.15) is 97.2 Å². The lowest BCUT2D eigenvalue weighted by Gasteiger charge is -2.20. The van der Waals surface area contributed by atoms with Crippen molar-refractivity contribution in [3.05, 3.63) is 124 Å². The number of hydrogen-bond acceptors (Lipinski definition) is 8.